The second-order valence-electron chi connectivity index (χ2n) is 6.23. The van der Waals surface area contributed by atoms with Crippen molar-refractivity contribution < 1.29 is 14.6 Å². The first kappa shape index (κ1) is 16.5. The summed E-state index contributed by atoms with van der Waals surface area (Å²) in [5, 5.41) is 9.68. The van der Waals surface area contributed by atoms with Crippen molar-refractivity contribution in [2.75, 3.05) is 13.7 Å². The number of hydrogen-bond donors (Lipinski definition) is 1. The maximum absolute atomic E-state index is 11.8. The molecule has 0 bridgehead atoms. The summed E-state index contributed by atoms with van der Waals surface area (Å²) in [7, 11) is 1.68. The number of hydrogen-bond acceptors (Lipinski definition) is 2. The zero-order chi connectivity index (χ0) is 14.3. The van der Waals surface area contributed by atoms with Crippen LogP contribution in [0, 0.1) is 17.3 Å². The van der Waals surface area contributed by atoms with E-state index >= 15 is 0 Å². The first-order valence-electron chi connectivity index (χ1n) is 7.79. The highest BCUT2D eigenvalue weighted by Crippen LogP contribution is 2.46. The molecular weight excluding hydrogens is 240 g/mol. The quantitative estimate of drug-likeness (QED) is 0.722. The monoisotopic (exact) mass is 270 g/mol. The summed E-state index contributed by atoms with van der Waals surface area (Å²) in [4.78, 5) is 11.8. The van der Waals surface area contributed by atoms with Crippen LogP contribution in [0.5, 0.6) is 0 Å². The Labute approximate surface area is 117 Å². The van der Waals surface area contributed by atoms with E-state index in [4.69, 9.17) is 4.74 Å². The molecule has 0 aromatic rings. The lowest BCUT2D eigenvalue weighted by atomic mass is 9.63. The third-order valence-corrected chi connectivity index (χ3v) is 5.09. The number of rotatable bonds is 8. The largest absolute Gasteiger partial charge is 0.481 e. The summed E-state index contributed by atoms with van der Waals surface area (Å²) in [6.45, 7) is 4.96. The van der Waals surface area contributed by atoms with Gasteiger partial charge in [0.1, 0.15) is 0 Å². The third-order valence-electron chi connectivity index (χ3n) is 5.09. The maximum atomic E-state index is 11.8. The van der Waals surface area contributed by atoms with Gasteiger partial charge in [0.25, 0.3) is 0 Å². The molecule has 0 aromatic heterocycles. The topological polar surface area (TPSA) is 46.5 Å². The van der Waals surface area contributed by atoms with Crippen molar-refractivity contribution in [3.8, 4) is 0 Å². The fourth-order valence-electron chi connectivity index (χ4n) is 3.46. The first-order valence-corrected chi connectivity index (χ1v) is 7.79. The van der Waals surface area contributed by atoms with Gasteiger partial charge in [-0.3, -0.25) is 4.79 Å². The van der Waals surface area contributed by atoms with E-state index in [9.17, 15) is 9.90 Å². The van der Waals surface area contributed by atoms with E-state index < -0.39 is 11.4 Å². The van der Waals surface area contributed by atoms with Crippen LogP contribution >= 0.6 is 0 Å². The molecule has 1 unspecified atom stereocenters. The molecular formula is C16H30O3. The molecule has 19 heavy (non-hydrogen) atoms. The molecule has 1 rings (SSSR count). The molecule has 0 radical (unpaired) electrons. The van der Waals surface area contributed by atoms with Crippen molar-refractivity contribution in [1.29, 1.82) is 0 Å². The molecule has 0 heterocycles. The molecule has 0 aliphatic heterocycles. The van der Waals surface area contributed by atoms with Gasteiger partial charge in [0, 0.05) is 13.7 Å². The number of carbonyl (C=O) groups is 1. The third kappa shape index (κ3) is 4.20. The van der Waals surface area contributed by atoms with E-state index in [1.165, 1.54) is 19.3 Å². The highest BCUT2D eigenvalue weighted by Gasteiger charge is 2.45. The van der Waals surface area contributed by atoms with Crippen molar-refractivity contribution in [3.63, 3.8) is 0 Å². The zero-order valence-corrected chi connectivity index (χ0v) is 12.8. The molecule has 1 atom stereocenters. The molecule has 0 saturated heterocycles. The van der Waals surface area contributed by atoms with Gasteiger partial charge >= 0.3 is 5.97 Å². The van der Waals surface area contributed by atoms with Crippen LogP contribution in [0.1, 0.15) is 65.2 Å². The lowest BCUT2D eigenvalue weighted by Crippen LogP contribution is -2.41. The highest BCUT2D eigenvalue weighted by molar-refractivity contribution is 5.75. The van der Waals surface area contributed by atoms with Crippen LogP contribution in [-0.2, 0) is 9.53 Å². The smallest absolute Gasteiger partial charge is 0.309 e. The second kappa shape index (κ2) is 7.88. The molecule has 1 aliphatic rings. The molecule has 3 nitrogen and oxygen atoms in total. The molecule has 1 N–H and O–H groups in total. The van der Waals surface area contributed by atoms with Gasteiger partial charge < -0.3 is 9.84 Å². The Balaban J connectivity index is 2.58. The number of aliphatic carboxylic acids is 1. The summed E-state index contributed by atoms with van der Waals surface area (Å²) in [5.74, 6) is 0.365. The van der Waals surface area contributed by atoms with E-state index in [2.05, 4.69) is 13.8 Å². The SMILES string of the molecule is CCCCC1CCC(C(=O)O)(C(C)CCOC)CC1. The molecule has 3 heteroatoms. The van der Waals surface area contributed by atoms with Crippen LogP contribution in [0.2, 0.25) is 0 Å². The van der Waals surface area contributed by atoms with Gasteiger partial charge in [-0.25, -0.2) is 0 Å². The summed E-state index contributed by atoms with van der Waals surface area (Å²) >= 11 is 0. The number of unbranched alkanes of at least 4 members (excludes halogenated alkanes) is 1. The van der Waals surface area contributed by atoms with Gasteiger partial charge in [-0.05, 0) is 43.9 Å². The fraction of sp³-hybridized carbons (Fsp3) is 0.938. The van der Waals surface area contributed by atoms with E-state index in [1.54, 1.807) is 7.11 Å². The molecule has 1 saturated carbocycles. The number of carboxylic acid groups (broad SMARTS) is 1. The van der Waals surface area contributed by atoms with E-state index in [1.807, 2.05) is 0 Å². The molecule has 1 aliphatic carbocycles. The Morgan fingerprint density at radius 1 is 1.42 bits per heavy atom. The van der Waals surface area contributed by atoms with E-state index in [0.717, 1.165) is 38.0 Å². The minimum absolute atomic E-state index is 0.206. The summed E-state index contributed by atoms with van der Waals surface area (Å²) < 4.78 is 5.11. The number of ether oxygens (including phenoxy) is 1. The average molecular weight is 270 g/mol. The maximum Gasteiger partial charge on any atom is 0.309 e. The Morgan fingerprint density at radius 2 is 2.05 bits per heavy atom. The van der Waals surface area contributed by atoms with Gasteiger partial charge in [0.2, 0.25) is 0 Å². The van der Waals surface area contributed by atoms with Crippen LogP contribution in [0.25, 0.3) is 0 Å². The Bertz CT molecular complexity index is 267. The molecule has 112 valence electrons. The van der Waals surface area contributed by atoms with Crippen molar-refractivity contribution in [3.05, 3.63) is 0 Å². The predicted molar refractivity (Wildman–Crippen MR) is 77.2 cm³/mol. The van der Waals surface area contributed by atoms with Crippen LogP contribution < -0.4 is 0 Å². The van der Waals surface area contributed by atoms with E-state index in [-0.39, 0.29) is 5.92 Å². The minimum atomic E-state index is -0.593. The Hall–Kier alpha value is -0.570. The second-order valence-corrected chi connectivity index (χ2v) is 6.23. The average Bonchev–Trinajstić information content (AvgIpc) is 2.42. The first-order chi connectivity index (χ1) is 9.06. The zero-order valence-electron chi connectivity index (χ0n) is 12.8. The highest BCUT2D eigenvalue weighted by atomic mass is 16.5. The molecule has 1 fully saturated rings. The molecule has 0 spiro atoms. The van der Waals surface area contributed by atoms with Crippen LogP contribution in [-0.4, -0.2) is 24.8 Å². The van der Waals surface area contributed by atoms with Crippen molar-refractivity contribution in [2.24, 2.45) is 17.3 Å². The van der Waals surface area contributed by atoms with Gasteiger partial charge in [-0.2, -0.15) is 0 Å². The van der Waals surface area contributed by atoms with Crippen molar-refractivity contribution >= 4 is 5.97 Å². The lowest BCUT2D eigenvalue weighted by molar-refractivity contribution is -0.156. The fourth-order valence-corrected chi connectivity index (χ4v) is 3.46. The minimum Gasteiger partial charge on any atom is -0.481 e. The Kier molecular flexibility index (Phi) is 6.84. The number of methoxy groups -OCH3 is 1. The van der Waals surface area contributed by atoms with Gasteiger partial charge in [-0.15, -0.1) is 0 Å². The summed E-state index contributed by atoms with van der Waals surface area (Å²) in [6, 6.07) is 0. The predicted octanol–water partition coefficient (Wildman–Crippen LogP) is 4.11. The van der Waals surface area contributed by atoms with Crippen LogP contribution in [0.15, 0.2) is 0 Å². The Morgan fingerprint density at radius 3 is 2.53 bits per heavy atom. The van der Waals surface area contributed by atoms with Crippen molar-refractivity contribution in [1.82, 2.24) is 0 Å². The summed E-state index contributed by atoms with van der Waals surface area (Å²) in [5.41, 5.74) is -0.499. The van der Waals surface area contributed by atoms with E-state index in [0.29, 0.717) is 6.61 Å². The van der Waals surface area contributed by atoms with Crippen LogP contribution in [0.3, 0.4) is 0 Å². The van der Waals surface area contributed by atoms with Gasteiger partial charge in [0.05, 0.1) is 5.41 Å². The normalized spacial score (nSPS) is 29.1. The summed E-state index contributed by atoms with van der Waals surface area (Å²) in [6.07, 6.45) is 8.52. The van der Waals surface area contributed by atoms with Crippen LogP contribution in [0.4, 0.5) is 0 Å². The van der Waals surface area contributed by atoms with Gasteiger partial charge in [-0.1, -0.05) is 33.1 Å². The van der Waals surface area contributed by atoms with Crippen molar-refractivity contribution in [2.45, 2.75) is 65.2 Å². The molecule has 0 amide bonds. The van der Waals surface area contributed by atoms with Gasteiger partial charge in [0.15, 0.2) is 0 Å². The lowest BCUT2D eigenvalue weighted by Gasteiger charge is -2.41. The standard InChI is InChI=1S/C16H30O3/c1-4-5-6-14-7-10-16(11-8-14,15(17)18)13(2)9-12-19-3/h13-14H,4-12H2,1-3H3,(H,17,18). The molecule has 0 aromatic carbocycles. The number of carboxylic acids is 1.